The Balaban J connectivity index is 1.45. The first-order valence-electron chi connectivity index (χ1n) is 12.2. The number of ether oxygens (including phenoxy) is 2. The van der Waals surface area contributed by atoms with Crippen LogP contribution < -0.4 is 19.3 Å². The van der Waals surface area contributed by atoms with E-state index in [-0.39, 0.29) is 30.4 Å². The third kappa shape index (κ3) is 4.83. The van der Waals surface area contributed by atoms with Crippen LogP contribution in [0.5, 0.6) is 11.5 Å². The van der Waals surface area contributed by atoms with Crippen molar-refractivity contribution in [2.75, 3.05) is 55.7 Å². The van der Waals surface area contributed by atoms with E-state index in [1.807, 2.05) is 42.2 Å². The topological polar surface area (TPSA) is 62.3 Å². The molecule has 2 aromatic rings. The predicted molar refractivity (Wildman–Crippen MR) is 134 cm³/mol. The molecule has 7 nitrogen and oxygen atoms in total. The van der Waals surface area contributed by atoms with Gasteiger partial charge in [-0.15, -0.1) is 0 Å². The summed E-state index contributed by atoms with van der Waals surface area (Å²) in [6.07, 6.45) is 0.968. The van der Waals surface area contributed by atoms with Crippen LogP contribution in [0, 0.1) is 0 Å². The maximum Gasteiger partial charge on any atom is 0.265 e. The lowest BCUT2D eigenvalue weighted by Crippen LogP contribution is -2.53. The first-order chi connectivity index (χ1) is 16.3. The van der Waals surface area contributed by atoms with Gasteiger partial charge in [0, 0.05) is 26.2 Å². The van der Waals surface area contributed by atoms with Gasteiger partial charge in [-0.3, -0.25) is 14.5 Å². The van der Waals surface area contributed by atoms with Crippen molar-refractivity contribution in [1.82, 2.24) is 4.90 Å². The second-order valence-corrected chi connectivity index (χ2v) is 9.46. The Morgan fingerprint density at radius 3 is 2.47 bits per heavy atom. The summed E-state index contributed by atoms with van der Waals surface area (Å²) in [5.41, 5.74) is 2.85. The lowest BCUT2D eigenvalue weighted by Gasteiger charge is -2.38. The lowest BCUT2D eigenvalue weighted by atomic mass is 9.82. The van der Waals surface area contributed by atoms with Gasteiger partial charge in [-0.2, -0.15) is 0 Å². The van der Waals surface area contributed by atoms with Crippen LogP contribution in [0.2, 0.25) is 0 Å². The number of rotatable bonds is 7. The Bertz CT molecular complexity index is 1040. The van der Waals surface area contributed by atoms with Crippen LogP contribution in [-0.2, 0) is 15.0 Å². The van der Waals surface area contributed by atoms with E-state index in [0.717, 1.165) is 36.5 Å². The molecule has 2 heterocycles. The van der Waals surface area contributed by atoms with Crippen molar-refractivity contribution in [3.63, 3.8) is 0 Å². The quantitative estimate of drug-likeness (QED) is 0.622. The number of benzene rings is 2. The fourth-order valence-corrected chi connectivity index (χ4v) is 4.43. The zero-order valence-electron chi connectivity index (χ0n) is 20.7. The van der Waals surface area contributed by atoms with Crippen LogP contribution in [0.4, 0.5) is 11.4 Å². The van der Waals surface area contributed by atoms with Crippen molar-refractivity contribution in [2.24, 2.45) is 0 Å². The summed E-state index contributed by atoms with van der Waals surface area (Å²) in [5.74, 6) is 1.29. The standard InChI is InChI=1S/C27H35N3O4/c1-5-27(3,4)20-11-12-24-22(17-20)30(26(32)19-34-24)18-25(31)29-15-13-28(14-16-29)21-9-7-8-10-23(21)33-6-2/h7-12,17H,5-6,13-16,18-19H2,1-4H3. The van der Waals surface area contributed by atoms with Gasteiger partial charge in [0.15, 0.2) is 6.61 Å². The van der Waals surface area contributed by atoms with Crippen molar-refractivity contribution in [2.45, 2.75) is 39.5 Å². The monoisotopic (exact) mass is 465 g/mol. The average Bonchev–Trinajstić information content (AvgIpc) is 2.86. The van der Waals surface area contributed by atoms with Gasteiger partial charge in [0.1, 0.15) is 18.0 Å². The highest BCUT2D eigenvalue weighted by molar-refractivity contribution is 6.02. The summed E-state index contributed by atoms with van der Waals surface area (Å²) in [4.78, 5) is 31.7. The number of hydrogen-bond acceptors (Lipinski definition) is 5. The third-order valence-corrected chi connectivity index (χ3v) is 7.00. The van der Waals surface area contributed by atoms with Crippen molar-refractivity contribution < 1.29 is 19.1 Å². The molecule has 0 aromatic heterocycles. The van der Waals surface area contributed by atoms with Gasteiger partial charge in [-0.1, -0.05) is 39.0 Å². The van der Waals surface area contributed by atoms with E-state index in [2.05, 4.69) is 37.8 Å². The van der Waals surface area contributed by atoms with Crippen molar-refractivity contribution >= 4 is 23.2 Å². The highest BCUT2D eigenvalue weighted by Crippen LogP contribution is 2.37. The molecule has 0 aliphatic carbocycles. The number of para-hydroxylation sites is 2. The molecule has 0 radical (unpaired) electrons. The van der Waals surface area contributed by atoms with E-state index >= 15 is 0 Å². The molecule has 2 aliphatic rings. The van der Waals surface area contributed by atoms with E-state index in [9.17, 15) is 9.59 Å². The number of hydrogen-bond donors (Lipinski definition) is 0. The van der Waals surface area contributed by atoms with Crippen LogP contribution in [0.1, 0.15) is 39.7 Å². The second kappa shape index (κ2) is 9.95. The van der Waals surface area contributed by atoms with Gasteiger partial charge >= 0.3 is 0 Å². The summed E-state index contributed by atoms with van der Waals surface area (Å²) >= 11 is 0. The number of carbonyl (C=O) groups excluding carboxylic acids is 2. The molecule has 1 fully saturated rings. The molecule has 1 saturated heterocycles. The minimum Gasteiger partial charge on any atom is -0.492 e. The Labute approximate surface area is 202 Å². The molecule has 2 aromatic carbocycles. The number of anilines is 2. The van der Waals surface area contributed by atoms with Gasteiger partial charge in [0.2, 0.25) is 5.91 Å². The molecule has 0 bridgehead atoms. The SMILES string of the molecule is CCOc1ccccc1N1CCN(C(=O)CN2C(=O)COc3ccc(C(C)(C)CC)cc32)CC1. The Kier molecular flexibility index (Phi) is 7.00. The van der Waals surface area contributed by atoms with Crippen LogP contribution in [0.25, 0.3) is 0 Å². The number of amides is 2. The van der Waals surface area contributed by atoms with Crippen molar-refractivity contribution in [3.8, 4) is 11.5 Å². The molecule has 182 valence electrons. The second-order valence-electron chi connectivity index (χ2n) is 9.46. The Morgan fingerprint density at radius 1 is 1.03 bits per heavy atom. The highest BCUT2D eigenvalue weighted by Gasteiger charge is 2.32. The van der Waals surface area contributed by atoms with Crippen LogP contribution in [0.3, 0.4) is 0 Å². The van der Waals surface area contributed by atoms with E-state index in [1.165, 1.54) is 0 Å². The van der Waals surface area contributed by atoms with Gasteiger partial charge in [0.25, 0.3) is 5.91 Å². The molecule has 34 heavy (non-hydrogen) atoms. The molecule has 0 unspecified atom stereocenters. The van der Waals surface area contributed by atoms with Gasteiger partial charge in [0.05, 0.1) is 18.0 Å². The summed E-state index contributed by atoms with van der Waals surface area (Å²) in [6.45, 7) is 11.7. The largest absolute Gasteiger partial charge is 0.492 e. The fraction of sp³-hybridized carbons (Fsp3) is 0.481. The molecule has 2 amide bonds. The summed E-state index contributed by atoms with van der Waals surface area (Å²) in [5, 5.41) is 0. The average molecular weight is 466 g/mol. The molecular formula is C27H35N3O4. The molecule has 4 rings (SSSR count). The summed E-state index contributed by atoms with van der Waals surface area (Å²) in [6, 6.07) is 14.0. The molecule has 0 saturated carbocycles. The summed E-state index contributed by atoms with van der Waals surface area (Å²) < 4.78 is 11.4. The summed E-state index contributed by atoms with van der Waals surface area (Å²) in [7, 11) is 0. The first kappa shape index (κ1) is 23.9. The molecule has 0 atom stereocenters. The number of fused-ring (bicyclic) bond motifs is 1. The molecular weight excluding hydrogens is 430 g/mol. The molecule has 0 N–H and O–H groups in total. The molecule has 7 heteroatoms. The lowest BCUT2D eigenvalue weighted by molar-refractivity contribution is -0.132. The van der Waals surface area contributed by atoms with Crippen LogP contribution >= 0.6 is 0 Å². The smallest absolute Gasteiger partial charge is 0.265 e. The van der Waals surface area contributed by atoms with Crippen LogP contribution in [0.15, 0.2) is 42.5 Å². The minimum atomic E-state index is -0.184. The Hall–Kier alpha value is -3.22. The predicted octanol–water partition coefficient (Wildman–Crippen LogP) is 3.85. The van der Waals surface area contributed by atoms with E-state index in [4.69, 9.17) is 9.47 Å². The van der Waals surface area contributed by atoms with Gasteiger partial charge in [-0.25, -0.2) is 0 Å². The van der Waals surface area contributed by atoms with Gasteiger partial charge in [-0.05, 0) is 48.6 Å². The van der Waals surface area contributed by atoms with Gasteiger partial charge < -0.3 is 19.3 Å². The first-order valence-corrected chi connectivity index (χ1v) is 12.2. The van der Waals surface area contributed by atoms with Crippen molar-refractivity contribution in [3.05, 3.63) is 48.0 Å². The zero-order chi connectivity index (χ0) is 24.3. The van der Waals surface area contributed by atoms with E-state index < -0.39 is 0 Å². The highest BCUT2D eigenvalue weighted by atomic mass is 16.5. The van der Waals surface area contributed by atoms with Crippen LogP contribution in [-0.4, -0.2) is 62.7 Å². The van der Waals surface area contributed by atoms with Crippen molar-refractivity contribution in [1.29, 1.82) is 0 Å². The van der Waals surface area contributed by atoms with E-state index in [1.54, 1.807) is 4.90 Å². The molecule has 0 spiro atoms. The number of carbonyl (C=O) groups is 2. The third-order valence-electron chi connectivity index (χ3n) is 7.00. The van der Waals surface area contributed by atoms with E-state index in [0.29, 0.717) is 31.1 Å². The maximum absolute atomic E-state index is 13.2. The molecule has 2 aliphatic heterocycles. The number of piperazine rings is 1. The normalized spacial score (nSPS) is 16.2. The minimum absolute atomic E-state index is 0.0285. The zero-order valence-corrected chi connectivity index (χ0v) is 20.7. The fourth-order valence-electron chi connectivity index (χ4n) is 4.43. The maximum atomic E-state index is 13.2. The number of nitrogens with zero attached hydrogens (tertiary/aromatic N) is 3. The Morgan fingerprint density at radius 2 is 1.76 bits per heavy atom.